The lowest BCUT2D eigenvalue weighted by atomic mass is 10.1. The standard InChI is InChI=1S/C6H8O3/c7-4-5-2-1-3-6(8)9-5/h4-5H,1-3H2/t5-/m0/s1. The highest BCUT2D eigenvalue weighted by Gasteiger charge is 2.18. The minimum atomic E-state index is -0.466. The third kappa shape index (κ3) is 1.52. The minimum absolute atomic E-state index is 0.252. The van der Waals surface area contributed by atoms with Crippen molar-refractivity contribution in [3.8, 4) is 0 Å². The van der Waals surface area contributed by atoms with Crippen molar-refractivity contribution in [3.05, 3.63) is 0 Å². The summed E-state index contributed by atoms with van der Waals surface area (Å²) in [6.07, 6.45) is 2.14. The van der Waals surface area contributed by atoms with Crippen molar-refractivity contribution in [2.75, 3.05) is 0 Å². The third-order valence-electron chi connectivity index (χ3n) is 1.30. The van der Waals surface area contributed by atoms with E-state index in [1.54, 1.807) is 0 Å². The van der Waals surface area contributed by atoms with Crippen LogP contribution in [-0.4, -0.2) is 18.4 Å². The lowest BCUT2D eigenvalue weighted by Gasteiger charge is -2.16. The van der Waals surface area contributed by atoms with E-state index in [0.717, 1.165) is 6.42 Å². The molecule has 3 heteroatoms. The van der Waals surface area contributed by atoms with Crippen molar-refractivity contribution < 1.29 is 14.3 Å². The SMILES string of the molecule is O=C[C@@H]1CCCC(=O)O1. The van der Waals surface area contributed by atoms with Gasteiger partial charge in [-0.25, -0.2) is 0 Å². The van der Waals surface area contributed by atoms with Gasteiger partial charge in [0.25, 0.3) is 0 Å². The molecule has 0 amide bonds. The molecule has 1 rings (SSSR count). The number of aldehydes is 1. The maximum atomic E-state index is 10.5. The first kappa shape index (κ1) is 6.26. The largest absolute Gasteiger partial charge is 0.455 e. The van der Waals surface area contributed by atoms with Gasteiger partial charge in [0.2, 0.25) is 0 Å². The summed E-state index contributed by atoms with van der Waals surface area (Å²) in [6, 6.07) is 0. The molecule has 1 fully saturated rings. The van der Waals surface area contributed by atoms with Gasteiger partial charge in [-0.15, -0.1) is 0 Å². The van der Waals surface area contributed by atoms with Crippen LogP contribution in [0.2, 0.25) is 0 Å². The fourth-order valence-corrected chi connectivity index (χ4v) is 0.830. The highest BCUT2D eigenvalue weighted by Crippen LogP contribution is 2.11. The van der Waals surface area contributed by atoms with Crippen molar-refractivity contribution in [3.63, 3.8) is 0 Å². The predicted molar refractivity (Wildman–Crippen MR) is 29.8 cm³/mol. The zero-order chi connectivity index (χ0) is 6.69. The molecule has 50 valence electrons. The maximum Gasteiger partial charge on any atom is 0.306 e. The number of carbonyl (C=O) groups excluding carboxylic acids is 2. The molecule has 1 saturated heterocycles. The van der Waals surface area contributed by atoms with Crippen LogP contribution in [0.15, 0.2) is 0 Å². The molecule has 1 aliphatic rings. The second-order valence-electron chi connectivity index (χ2n) is 2.06. The average Bonchev–Trinajstić information content (AvgIpc) is 1.88. The molecule has 3 nitrogen and oxygen atoms in total. The second-order valence-corrected chi connectivity index (χ2v) is 2.06. The Kier molecular flexibility index (Phi) is 1.82. The molecule has 0 aromatic carbocycles. The van der Waals surface area contributed by atoms with Crippen molar-refractivity contribution in [2.45, 2.75) is 25.4 Å². The molecule has 0 aromatic heterocycles. The fraction of sp³-hybridized carbons (Fsp3) is 0.667. The molecule has 9 heavy (non-hydrogen) atoms. The van der Waals surface area contributed by atoms with Crippen molar-refractivity contribution >= 4 is 12.3 Å². The van der Waals surface area contributed by atoms with Gasteiger partial charge in [-0.05, 0) is 12.8 Å². The van der Waals surface area contributed by atoms with Gasteiger partial charge in [-0.1, -0.05) is 0 Å². The maximum absolute atomic E-state index is 10.5. The van der Waals surface area contributed by atoms with Crippen molar-refractivity contribution in [1.29, 1.82) is 0 Å². The van der Waals surface area contributed by atoms with Crippen LogP contribution >= 0.6 is 0 Å². The van der Waals surface area contributed by atoms with Gasteiger partial charge in [0.05, 0.1) is 0 Å². The molecule has 0 aromatic rings. The van der Waals surface area contributed by atoms with E-state index in [-0.39, 0.29) is 5.97 Å². The van der Waals surface area contributed by atoms with Gasteiger partial charge in [-0.2, -0.15) is 0 Å². The van der Waals surface area contributed by atoms with Crippen LogP contribution in [0.3, 0.4) is 0 Å². The van der Waals surface area contributed by atoms with E-state index < -0.39 is 6.10 Å². The molecule has 0 spiro atoms. The molecule has 0 unspecified atom stereocenters. The summed E-state index contributed by atoms with van der Waals surface area (Å²) in [7, 11) is 0. The number of hydrogen-bond acceptors (Lipinski definition) is 3. The predicted octanol–water partition coefficient (Wildman–Crippen LogP) is 0.281. The quantitative estimate of drug-likeness (QED) is 0.376. The van der Waals surface area contributed by atoms with Crippen molar-refractivity contribution in [2.24, 2.45) is 0 Å². The van der Waals surface area contributed by atoms with Crippen molar-refractivity contribution in [1.82, 2.24) is 0 Å². The first-order chi connectivity index (χ1) is 4.33. The second kappa shape index (κ2) is 2.62. The first-order valence-electron chi connectivity index (χ1n) is 2.97. The Bertz CT molecular complexity index is 130. The van der Waals surface area contributed by atoms with E-state index in [0.29, 0.717) is 19.1 Å². The first-order valence-corrected chi connectivity index (χ1v) is 2.97. The van der Waals surface area contributed by atoms with E-state index in [2.05, 4.69) is 4.74 Å². The number of ether oxygens (including phenoxy) is 1. The van der Waals surface area contributed by atoms with E-state index >= 15 is 0 Å². The van der Waals surface area contributed by atoms with Crippen LogP contribution in [0, 0.1) is 0 Å². The fourth-order valence-electron chi connectivity index (χ4n) is 0.830. The molecule has 0 radical (unpaired) electrons. The van der Waals surface area contributed by atoms with Gasteiger partial charge >= 0.3 is 5.97 Å². The topological polar surface area (TPSA) is 43.4 Å². The summed E-state index contributed by atoms with van der Waals surface area (Å²) in [6.45, 7) is 0. The molecule has 0 bridgehead atoms. The summed E-state index contributed by atoms with van der Waals surface area (Å²) in [4.78, 5) is 20.5. The van der Waals surface area contributed by atoms with Crippen LogP contribution in [-0.2, 0) is 14.3 Å². The van der Waals surface area contributed by atoms with E-state index in [1.165, 1.54) is 0 Å². The molecule has 1 aliphatic heterocycles. The van der Waals surface area contributed by atoms with E-state index in [9.17, 15) is 9.59 Å². The Balaban J connectivity index is 2.40. The van der Waals surface area contributed by atoms with Gasteiger partial charge < -0.3 is 4.74 Å². The van der Waals surface area contributed by atoms with Crippen LogP contribution in [0.25, 0.3) is 0 Å². The Morgan fingerprint density at radius 1 is 1.67 bits per heavy atom. The lowest BCUT2D eigenvalue weighted by Crippen LogP contribution is -2.24. The Morgan fingerprint density at radius 3 is 2.89 bits per heavy atom. The average molecular weight is 128 g/mol. The Morgan fingerprint density at radius 2 is 2.44 bits per heavy atom. The summed E-state index contributed by atoms with van der Waals surface area (Å²) < 4.78 is 4.63. The minimum Gasteiger partial charge on any atom is -0.455 e. The monoisotopic (exact) mass is 128 g/mol. The number of rotatable bonds is 1. The zero-order valence-corrected chi connectivity index (χ0v) is 5.00. The summed E-state index contributed by atoms with van der Waals surface area (Å²) in [5.41, 5.74) is 0. The van der Waals surface area contributed by atoms with E-state index in [4.69, 9.17) is 0 Å². The Hall–Kier alpha value is -0.860. The molecule has 0 N–H and O–H groups in total. The third-order valence-corrected chi connectivity index (χ3v) is 1.30. The van der Waals surface area contributed by atoms with Crippen LogP contribution < -0.4 is 0 Å². The van der Waals surface area contributed by atoms with Crippen LogP contribution in [0.1, 0.15) is 19.3 Å². The summed E-state index contributed by atoms with van der Waals surface area (Å²) in [5.74, 6) is -0.252. The molecular weight excluding hydrogens is 120 g/mol. The molecular formula is C6H8O3. The smallest absolute Gasteiger partial charge is 0.306 e. The van der Waals surface area contributed by atoms with Gasteiger partial charge in [-0.3, -0.25) is 9.59 Å². The van der Waals surface area contributed by atoms with Gasteiger partial charge in [0, 0.05) is 6.42 Å². The number of cyclic esters (lactones) is 1. The molecule has 1 heterocycles. The van der Waals surface area contributed by atoms with Crippen LogP contribution in [0.4, 0.5) is 0 Å². The van der Waals surface area contributed by atoms with Gasteiger partial charge in [0.15, 0.2) is 12.4 Å². The lowest BCUT2D eigenvalue weighted by molar-refractivity contribution is -0.156. The zero-order valence-electron chi connectivity index (χ0n) is 5.00. The van der Waals surface area contributed by atoms with Crippen LogP contribution in [0.5, 0.6) is 0 Å². The highest BCUT2D eigenvalue weighted by atomic mass is 16.5. The van der Waals surface area contributed by atoms with Gasteiger partial charge in [0.1, 0.15) is 0 Å². The van der Waals surface area contributed by atoms with E-state index in [1.807, 2.05) is 0 Å². The Labute approximate surface area is 53.0 Å². The summed E-state index contributed by atoms with van der Waals surface area (Å²) in [5, 5.41) is 0. The highest BCUT2D eigenvalue weighted by molar-refractivity contribution is 5.73. The normalized spacial score (nSPS) is 27.1. The summed E-state index contributed by atoms with van der Waals surface area (Å²) >= 11 is 0. The number of carbonyl (C=O) groups is 2. The molecule has 1 atom stereocenters. The number of hydrogen-bond donors (Lipinski definition) is 0. The molecule has 0 saturated carbocycles. The molecule has 0 aliphatic carbocycles. The number of esters is 1.